The van der Waals surface area contributed by atoms with Crippen LogP contribution in [0.1, 0.15) is 11.1 Å². The minimum absolute atomic E-state index is 0.216. The quantitative estimate of drug-likeness (QED) is 0.833. The summed E-state index contributed by atoms with van der Waals surface area (Å²) in [7, 11) is -4.05. The van der Waals surface area contributed by atoms with E-state index in [1.807, 2.05) is 37.3 Å². The van der Waals surface area contributed by atoms with Gasteiger partial charge in [0.25, 0.3) is 0 Å². The zero-order chi connectivity index (χ0) is 12.6. The number of fused-ring (bicyclic) bond motifs is 1. The van der Waals surface area contributed by atoms with Crippen LogP contribution >= 0.6 is 23.5 Å². The third-order valence-electron chi connectivity index (χ3n) is 2.69. The van der Waals surface area contributed by atoms with Gasteiger partial charge in [-0.05, 0) is 34.9 Å². The van der Waals surface area contributed by atoms with Gasteiger partial charge < -0.3 is 9.79 Å². The van der Waals surface area contributed by atoms with Crippen molar-refractivity contribution in [2.75, 3.05) is 0 Å². The summed E-state index contributed by atoms with van der Waals surface area (Å²) in [4.78, 5) is 18.2. The molecule has 5 heteroatoms. The molecule has 17 heavy (non-hydrogen) atoms. The van der Waals surface area contributed by atoms with E-state index in [-0.39, 0.29) is 6.16 Å². The molecule has 0 radical (unpaired) electrons. The van der Waals surface area contributed by atoms with Crippen LogP contribution in [0.25, 0.3) is 10.8 Å². The smallest absolute Gasteiger partial charge is 0.324 e. The van der Waals surface area contributed by atoms with Crippen LogP contribution in [0, 0.1) is 6.92 Å². The van der Waals surface area contributed by atoms with Crippen molar-refractivity contribution in [1.82, 2.24) is 0 Å². The lowest BCUT2D eigenvalue weighted by molar-refractivity contribution is 0.372. The van der Waals surface area contributed by atoms with E-state index in [2.05, 4.69) is 15.9 Å². The molecule has 2 rings (SSSR count). The highest BCUT2D eigenvalue weighted by atomic mass is 79.9. The van der Waals surface area contributed by atoms with Crippen molar-refractivity contribution in [2.45, 2.75) is 13.1 Å². The molecule has 3 nitrogen and oxygen atoms in total. The maximum Gasteiger partial charge on any atom is 0.329 e. The zero-order valence-corrected chi connectivity index (χ0v) is 11.7. The fourth-order valence-electron chi connectivity index (χ4n) is 1.94. The predicted molar refractivity (Wildman–Crippen MR) is 72.1 cm³/mol. The van der Waals surface area contributed by atoms with Crippen LogP contribution in [0.5, 0.6) is 0 Å². The lowest BCUT2D eigenvalue weighted by atomic mass is 10.0. The molecule has 0 aliphatic heterocycles. The molecule has 0 saturated carbocycles. The Balaban J connectivity index is 2.74. The van der Waals surface area contributed by atoms with Crippen LogP contribution in [0.15, 0.2) is 34.8 Å². The van der Waals surface area contributed by atoms with E-state index in [0.29, 0.717) is 0 Å². The normalized spacial score (nSPS) is 12.0. The summed E-state index contributed by atoms with van der Waals surface area (Å²) in [6, 6.07) is 9.49. The molecule has 0 bridgehead atoms. The molecule has 0 amide bonds. The van der Waals surface area contributed by atoms with Gasteiger partial charge in [-0.15, -0.1) is 0 Å². The van der Waals surface area contributed by atoms with E-state index in [0.717, 1.165) is 26.4 Å². The molecular weight excluding hydrogens is 303 g/mol. The monoisotopic (exact) mass is 314 g/mol. The van der Waals surface area contributed by atoms with Crippen LogP contribution < -0.4 is 0 Å². The fraction of sp³-hybridized carbons (Fsp3) is 0.167. The third-order valence-corrected chi connectivity index (χ3v) is 4.08. The molecule has 0 aromatic heterocycles. The molecule has 0 aliphatic rings. The number of halogens is 1. The molecule has 0 aliphatic carbocycles. The van der Waals surface area contributed by atoms with Gasteiger partial charge in [0.1, 0.15) is 0 Å². The van der Waals surface area contributed by atoms with Gasteiger partial charge in [0.2, 0.25) is 0 Å². The third kappa shape index (κ3) is 2.78. The fourth-order valence-corrected chi connectivity index (χ4v) is 3.46. The lowest BCUT2D eigenvalue weighted by Crippen LogP contribution is -1.94. The minimum Gasteiger partial charge on any atom is -0.324 e. The summed E-state index contributed by atoms with van der Waals surface area (Å²) in [6.45, 7) is 1.86. The van der Waals surface area contributed by atoms with Gasteiger partial charge in [-0.3, -0.25) is 4.57 Å². The van der Waals surface area contributed by atoms with Crippen molar-refractivity contribution in [3.05, 3.63) is 45.9 Å². The maximum absolute atomic E-state index is 11.2. The van der Waals surface area contributed by atoms with E-state index in [9.17, 15) is 4.57 Å². The molecule has 0 atom stereocenters. The van der Waals surface area contributed by atoms with Crippen LogP contribution in [0.3, 0.4) is 0 Å². The van der Waals surface area contributed by atoms with Gasteiger partial charge in [-0.1, -0.05) is 40.2 Å². The first kappa shape index (κ1) is 12.8. The Morgan fingerprint density at radius 1 is 1.24 bits per heavy atom. The van der Waals surface area contributed by atoms with Crippen molar-refractivity contribution in [1.29, 1.82) is 0 Å². The average Bonchev–Trinajstić information content (AvgIpc) is 2.23. The second-order valence-electron chi connectivity index (χ2n) is 4.02. The molecule has 2 aromatic rings. The molecule has 90 valence electrons. The number of hydrogen-bond donors (Lipinski definition) is 2. The topological polar surface area (TPSA) is 57.5 Å². The Hall–Kier alpha value is -0.670. The lowest BCUT2D eigenvalue weighted by Gasteiger charge is -2.12. The van der Waals surface area contributed by atoms with Gasteiger partial charge in [-0.2, -0.15) is 0 Å². The molecule has 0 unspecified atom stereocenters. The highest BCUT2D eigenvalue weighted by Gasteiger charge is 2.18. The molecule has 0 saturated heterocycles. The highest BCUT2D eigenvalue weighted by molar-refractivity contribution is 9.10. The number of benzene rings is 2. The Morgan fingerprint density at radius 3 is 2.41 bits per heavy atom. The largest absolute Gasteiger partial charge is 0.329 e. The van der Waals surface area contributed by atoms with Crippen LogP contribution in [-0.4, -0.2) is 9.79 Å². The Kier molecular flexibility index (Phi) is 3.41. The van der Waals surface area contributed by atoms with E-state index in [4.69, 9.17) is 9.79 Å². The molecule has 2 N–H and O–H groups in total. The van der Waals surface area contributed by atoms with Gasteiger partial charge in [0, 0.05) is 4.47 Å². The molecule has 0 fully saturated rings. The van der Waals surface area contributed by atoms with Gasteiger partial charge in [0.15, 0.2) is 0 Å². The van der Waals surface area contributed by atoms with Crippen LogP contribution in [0.2, 0.25) is 0 Å². The molecular formula is C12H12BrO3P. The zero-order valence-electron chi connectivity index (χ0n) is 9.22. The van der Waals surface area contributed by atoms with Crippen molar-refractivity contribution in [3.8, 4) is 0 Å². The Labute approximate surface area is 108 Å². The first-order chi connectivity index (χ1) is 7.88. The summed E-state index contributed by atoms with van der Waals surface area (Å²) in [5.41, 5.74) is 1.61. The summed E-state index contributed by atoms with van der Waals surface area (Å²) in [6.07, 6.45) is -0.216. The number of hydrogen-bond acceptors (Lipinski definition) is 1. The van der Waals surface area contributed by atoms with Crippen molar-refractivity contribution < 1.29 is 14.4 Å². The average molecular weight is 315 g/mol. The molecule has 0 heterocycles. The van der Waals surface area contributed by atoms with Crippen LogP contribution in [0.4, 0.5) is 0 Å². The minimum atomic E-state index is -4.05. The summed E-state index contributed by atoms with van der Waals surface area (Å²) < 4.78 is 12.1. The SMILES string of the molecule is Cc1cc(Br)c2ccccc2c1CP(=O)(O)O. The van der Waals surface area contributed by atoms with Crippen LogP contribution in [-0.2, 0) is 10.7 Å². The highest BCUT2D eigenvalue weighted by Crippen LogP contribution is 2.43. The molecule has 2 aromatic carbocycles. The van der Waals surface area contributed by atoms with Crippen molar-refractivity contribution in [2.24, 2.45) is 0 Å². The van der Waals surface area contributed by atoms with Gasteiger partial charge in [0.05, 0.1) is 6.16 Å². The van der Waals surface area contributed by atoms with Crippen molar-refractivity contribution >= 4 is 34.3 Å². The second-order valence-corrected chi connectivity index (χ2v) is 6.52. The standard InChI is InChI=1S/C12H12BrO3P/c1-8-6-12(13)10-5-3-2-4-9(10)11(8)7-17(14,15)16/h2-6H,7H2,1H3,(H2,14,15,16). The Bertz CT molecular complexity index is 618. The number of aryl methyl sites for hydroxylation is 1. The predicted octanol–water partition coefficient (Wildman–Crippen LogP) is 3.59. The van der Waals surface area contributed by atoms with Crippen molar-refractivity contribution in [3.63, 3.8) is 0 Å². The molecule has 0 spiro atoms. The maximum atomic E-state index is 11.2. The second kappa shape index (κ2) is 4.54. The first-order valence-electron chi connectivity index (χ1n) is 5.10. The van der Waals surface area contributed by atoms with E-state index in [1.54, 1.807) is 0 Å². The van der Waals surface area contributed by atoms with E-state index < -0.39 is 7.60 Å². The summed E-state index contributed by atoms with van der Waals surface area (Å²) >= 11 is 3.47. The Morgan fingerprint density at radius 2 is 1.82 bits per heavy atom. The van der Waals surface area contributed by atoms with Gasteiger partial charge >= 0.3 is 7.60 Å². The first-order valence-corrected chi connectivity index (χ1v) is 7.69. The summed E-state index contributed by atoms with van der Waals surface area (Å²) in [5.74, 6) is 0. The van der Waals surface area contributed by atoms with E-state index >= 15 is 0 Å². The summed E-state index contributed by atoms with van der Waals surface area (Å²) in [5, 5.41) is 1.87. The number of rotatable bonds is 2. The van der Waals surface area contributed by atoms with Gasteiger partial charge in [-0.25, -0.2) is 0 Å². The van der Waals surface area contributed by atoms with E-state index in [1.165, 1.54) is 0 Å².